The molecule has 1 aliphatic rings. The largest absolute Gasteiger partial charge is 0.452 e. The molecule has 164 valence electrons. The monoisotopic (exact) mass is 448 g/mol. The smallest absolute Gasteiger partial charge is 0.339 e. The van der Waals surface area contributed by atoms with Gasteiger partial charge in [0.15, 0.2) is 5.76 Å². The van der Waals surface area contributed by atoms with Gasteiger partial charge in [-0.05, 0) is 53.8 Å². The Morgan fingerprint density at radius 3 is 2.19 bits per heavy atom. The Kier molecular flexibility index (Phi) is 5.42. The van der Waals surface area contributed by atoms with E-state index in [1.165, 1.54) is 35.9 Å². The Balaban J connectivity index is 1.56. The molecule has 4 rings (SSSR count). The van der Waals surface area contributed by atoms with Gasteiger partial charge < -0.3 is 8.92 Å². The van der Waals surface area contributed by atoms with Crippen molar-refractivity contribution in [1.82, 2.24) is 0 Å². The Morgan fingerprint density at radius 2 is 1.56 bits per heavy atom. The van der Waals surface area contributed by atoms with Gasteiger partial charge in [0.05, 0.1) is 5.56 Å². The summed E-state index contributed by atoms with van der Waals surface area (Å²) in [6.45, 7) is 8.29. The molecule has 0 unspecified atom stereocenters. The number of hydrogen-bond donors (Lipinski definition) is 0. The number of benzene rings is 3. The number of Topliss-reactive ketones (excluding diaryl/α,β-unsaturated/α-hetero) is 1. The third kappa shape index (κ3) is 4.46. The topological polar surface area (TPSA) is 69.7 Å². The minimum Gasteiger partial charge on any atom is -0.452 e. The summed E-state index contributed by atoms with van der Waals surface area (Å²) < 4.78 is 36.1. The van der Waals surface area contributed by atoms with Crippen LogP contribution in [0.4, 0.5) is 0 Å². The number of carbonyl (C=O) groups excluding carboxylic acids is 1. The van der Waals surface area contributed by atoms with Gasteiger partial charge in [-0.1, -0.05) is 62.7 Å². The van der Waals surface area contributed by atoms with Gasteiger partial charge in [-0.15, -0.1) is 0 Å². The number of allylic oxidation sites excluding steroid dienone is 1. The van der Waals surface area contributed by atoms with Crippen molar-refractivity contribution in [3.8, 4) is 11.5 Å². The van der Waals surface area contributed by atoms with E-state index < -0.39 is 10.1 Å². The second kappa shape index (κ2) is 7.95. The highest BCUT2D eigenvalue weighted by atomic mass is 32.2. The molecular formula is C26H24O5S. The number of rotatable bonds is 4. The Bertz CT molecular complexity index is 1310. The van der Waals surface area contributed by atoms with Gasteiger partial charge >= 0.3 is 10.1 Å². The molecule has 3 aromatic rings. The number of ether oxygens (including phenoxy) is 1. The van der Waals surface area contributed by atoms with Crippen LogP contribution in [-0.4, -0.2) is 14.2 Å². The van der Waals surface area contributed by atoms with E-state index in [1.807, 2.05) is 31.2 Å². The van der Waals surface area contributed by atoms with E-state index in [0.29, 0.717) is 5.56 Å². The number of carbonyl (C=O) groups is 1. The van der Waals surface area contributed by atoms with E-state index in [0.717, 1.165) is 11.1 Å². The molecule has 3 aromatic carbocycles. The molecule has 5 nitrogen and oxygen atoms in total. The Hall–Kier alpha value is -3.38. The predicted molar refractivity (Wildman–Crippen MR) is 124 cm³/mol. The molecule has 1 aliphatic heterocycles. The summed E-state index contributed by atoms with van der Waals surface area (Å²) in [5, 5.41) is 0. The van der Waals surface area contributed by atoms with Crippen LogP contribution in [0.2, 0.25) is 0 Å². The molecule has 0 amide bonds. The van der Waals surface area contributed by atoms with Crippen LogP contribution in [0.1, 0.15) is 47.8 Å². The molecule has 0 saturated carbocycles. The van der Waals surface area contributed by atoms with Crippen molar-refractivity contribution in [1.29, 1.82) is 0 Å². The van der Waals surface area contributed by atoms with Crippen molar-refractivity contribution in [3.05, 3.63) is 94.7 Å². The van der Waals surface area contributed by atoms with Crippen molar-refractivity contribution < 1.29 is 22.1 Å². The van der Waals surface area contributed by atoms with Gasteiger partial charge in [-0.2, -0.15) is 8.42 Å². The van der Waals surface area contributed by atoms with E-state index in [4.69, 9.17) is 8.92 Å². The SMILES string of the molecule is Cc1ccc(S(=O)(=O)Oc2ccc3c(c2)O/C(=C\c2ccc(C(C)(C)C)cc2)C3=O)cc1. The zero-order valence-electron chi connectivity index (χ0n) is 18.4. The van der Waals surface area contributed by atoms with E-state index in [1.54, 1.807) is 18.2 Å². The van der Waals surface area contributed by atoms with Gasteiger partial charge in [0.25, 0.3) is 0 Å². The number of fused-ring (bicyclic) bond motifs is 1. The zero-order valence-corrected chi connectivity index (χ0v) is 19.2. The fourth-order valence-electron chi connectivity index (χ4n) is 3.33. The zero-order chi connectivity index (χ0) is 23.1. The Labute approximate surface area is 188 Å². The van der Waals surface area contributed by atoms with E-state index >= 15 is 0 Å². The summed E-state index contributed by atoms with van der Waals surface area (Å²) in [5.74, 6) is 0.270. The molecule has 0 aromatic heterocycles. The Morgan fingerprint density at radius 1 is 0.906 bits per heavy atom. The average Bonchev–Trinajstić information content (AvgIpc) is 3.02. The molecule has 0 spiro atoms. The van der Waals surface area contributed by atoms with Gasteiger partial charge in [0, 0.05) is 6.07 Å². The second-order valence-corrected chi connectivity index (χ2v) is 10.4. The number of ketones is 1. The molecular weight excluding hydrogens is 424 g/mol. The normalized spacial score (nSPS) is 14.9. The molecule has 0 atom stereocenters. The maximum Gasteiger partial charge on any atom is 0.339 e. The summed E-state index contributed by atoms with van der Waals surface area (Å²) in [7, 11) is -3.99. The minimum atomic E-state index is -3.99. The minimum absolute atomic E-state index is 0.0386. The molecule has 0 bridgehead atoms. The first kappa shape index (κ1) is 21.8. The van der Waals surface area contributed by atoms with Crippen LogP contribution in [0.5, 0.6) is 11.5 Å². The van der Waals surface area contributed by atoms with Crippen molar-refractivity contribution in [2.24, 2.45) is 0 Å². The standard InChI is InChI=1S/C26H24O5S/c1-17-5-12-21(13-6-17)32(28,29)31-20-11-14-22-23(16-20)30-24(25(22)27)15-18-7-9-19(10-8-18)26(2,3)4/h5-16H,1-4H3/b24-15-. The fourth-order valence-corrected chi connectivity index (χ4v) is 4.25. The highest BCUT2D eigenvalue weighted by Crippen LogP contribution is 2.36. The maximum atomic E-state index is 12.7. The molecule has 6 heteroatoms. The van der Waals surface area contributed by atoms with Crippen LogP contribution in [0.25, 0.3) is 6.08 Å². The third-order valence-corrected chi connectivity index (χ3v) is 6.49. The van der Waals surface area contributed by atoms with Crippen LogP contribution >= 0.6 is 0 Å². The first-order valence-corrected chi connectivity index (χ1v) is 11.6. The van der Waals surface area contributed by atoms with Crippen molar-refractivity contribution in [3.63, 3.8) is 0 Å². The van der Waals surface area contributed by atoms with Crippen LogP contribution in [0, 0.1) is 6.92 Å². The fraction of sp³-hybridized carbons (Fsp3) is 0.192. The first-order valence-electron chi connectivity index (χ1n) is 10.2. The number of hydrogen-bond acceptors (Lipinski definition) is 5. The highest BCUT2D eigenvalue weighted by Gasteiger charge is 2.28. The molecule has 0 radical (unpaired) electrons. The van der Waals surface area contributed by atoms with E-state index in [9.17, 15) is 13.2 Å². The lowest BCUT2D eigenvalue weighted by molar-refractivity contribution is 0.101. The molecule has 0 N–H and O–H groups in total. The maximum absolute atomic E-state index is 12.7. The lowest BCUT2D eigenvalue weighted by Gasteiger charge is -2.18. The lowest BCUT2D eigenvalue weighted by atomic mass is 9.86. The summed E-state index contributed by atoms with van der Waals surface area (Å²) in [6, 6.07) is 18.7. The quantitative estimate of drug-likeness (QED) is 0.380. The van der Waals surface area contributed by atoms with E-state index in [-0.39, 0.29) is 33.4 Å². The molecule has 1 heterocycles. The van der Waals surface area contributed by atoms with Gasteiger partial charge in [-0.3, -0.25) is 4.79 Å². The number of aryl methyl sites for hydroxylation is 1. The van der Waals surface area contributed by atoms with Crippen LogP contribution in [-0.2, 0) is 15.5 Å². The molecule has 0 fully saturated rings. The first-order chi connectivity index (χ1) is 15.0. The van der Waals surface area contributed by atoms with Gasteiger partial charge in [0.2, 0.25) is 5.78 Å². The predicted octanol–water partition coefficient (Wildman–Crippen LogP) is 5.68. The summed E-state index contributed by atoms with van der Waals surface area (Å²) in [5.41, 5.74) is 3.38. The van der Waals surface area contributed by atoms with Gasteiger partial charge in [0.1, 0.15) is 16.4 Å². The van der Waals surface area contributed by atoms with Gasteiger partial charge in [-0.25, -0.2) is 0 Å². The molecule has 0 aliphatic carbocycles. The third-order valence-electron chi connectivity index (χ3n) is 5.23. The van der Waals surface area contributed by atoms with E-state index in [2.05, 4.69) is 20.8 Å². The van der Waals surface area contributed by atoms with Crippen LogP contribution in [0.15, 0.2) is 77.4 Å². The van der Waals surface area contributed by atoms with Crippen molar-refractivity contribution in [2.75, 3.05) is 0 Å². The summed E-state index contributed by atoms with van der Waals surface area (Å²) in [4.78, 5) is 12.8. The molecule has 0 saturated heterocycles. The summed E-state index contributed by atoms with van der Waals surface area (Å²) in [6.07, 6.45) is 1.68. The second-order valence-electron chi connectivity index (χ2n) is 8.82. The molecule has 32 heavy (non-hydrogen) atoms. The summed E-state index contributed by atoms with van der Waals surface area (Å²) >= 11 is 0. The van der Waals surface area contributed by atoms with Crippen LogP contribution in [0.3, 0.4) is 0 Å². The van der Waals surface area contributed by atoms with Crippen molar-refractivity contribution >= 4 is 22.0 Å². The van der Waals surface area contributed by atoms with Crippen LogP contribution < -0.4 is 8.92 Å². The lowest BCUT2D eigenvalue weighted by Crippen LogP contribution is -2.10. The van der Waals surface area contributed by atoms with Crippen molar-refractivity contribution in [2.45, 2.75) is 38.0 Å². The highest BCUT2D eigenvalue weighted by molar-refractivity contribution is 7.87. The average molecular weight is 449 g/mol.